The lowest BCUT2D eigenvalue weighted by atomic mass is 9.86. The molecule has 4 aliphatic rings. The van der Waals surface area contributed by atoms with Gasteiger partial charge in [0.15, 0.2) is 5.17 Å². The molecule has 0 spiro atoms. The highest BCUT2D eigenvalue weighted by atomic mass is 32.2. The molecule has 3 nitrogen and oxygen atoms in total. The Hall–Kier alpha value is -0.220. The molecule has 106 valence electrons. The first-order valence-corrected chi connectivity index (χ1v) is 8.97. The van der Waals surface area contributed by atoms with E-state index < -0.39 is 0 Å². The lowest BCUT2D eigenvalue weighted by Gasteiger charge is -2.34. The van der Waals surface area contributed by atoms with E-state index >= 15 is 0 Å². The molecule has 0 amide bonds. The third-order valence-corrected chi connectivity index (χ3v) is 6.21. The Labute approximate surface area is 120 Å². The van der Waals surface area contributed by atoms with Crippen molar-refractivity contribution in [2.45, 2.75) is 63.1 Å². The molecule has 0 aromatic rings. The number of nitrogens with one attached hydrogen (secondary N) is 1. The summed E-state index contributed by atoms with van der Waals surface area (Å²) in [5.74, 6) is 2.96. The molecule has 1 N–H and O–H groups in total. The van der Waals surface area contributed by atoms with E-state index in [1.807, 2.05) is 11.8 Å². The van der Waals surface area contributed by atoms with Crippen molar-refractivity contribution in [1.29, 1.82) is 0 Å². The molecule has 4 heteroatoms. The Morgan fingerprint density at radius 3 is 2.84 bits per heavy atom. The molecule has 2 aliphatic heterocycles. The first-order valence-electron chi connectivity index (χ1n) is 7.99. The molecule has 19 heavy (non-hydrogen) atoms. The van der Waals surface area contributed by atoms with E-state index in [4.69, 9.17) is 9.73 Å². The van der Waals surface area contributed by atoms with Gasteiger partial charge in [0, 0.05) is 12.4 Å². The zero-order chi connectivity index (χ0) is 12.7. The van der Waals surface area contributed by atoms with Crippen LogP contribution in [-0.2, 0) is 4.74 Å². The smallest absolute Gasteiger partial charge is 0.157 e. The van der Waals surface area contributed by atoms with E-state index in [1.54, 1.807) is 0 Å². The van der Waals surface area contributed by atoms with E-state index in [1.165, 1.54) is 49.4 Å². The van der Waals surface area contributed by atoms with Crippen molar-refractivity contribution >= 4 is 16.9 Å². The van der Waals surface area contributed by atoms with Crippen LogP contribution in [0.3, 0.4) is 0 Å². The van der Waals surface area contributed by atoms with E-state index in [9.17, 15) is 0 Å². The molecule has 1 saturated heterocycles. The summed E-state index contributed by atoms with van der Waals surface area (Å²) in [6, 6.07) is 1.14. The van der Waals surface area contributed by atoms with E-state index in [0.717, 1.165) is 24.9 Å². The molecule has 4 unspecified atom stereocenters. The lowest BCUT2D eigenvalue weighted by molar-refractivity contribution is 0.0844. The van der Waals surface area contributed by atoms with Crippen LogP contribution in [-0.4, -0.2) is 35.7 Å². The van der Waals surface area contributed by atoms with E-state index in [-0.39, 0.29) is 0 Å². The van der Waals surface area contributed by atoms with Crippen molar-refractivity contribution in [3.63, 3.8) is 0 Å². The van der Waals surface area contributed by atoms with Crippen LogP contribution < -0.4 is 5.32 Å². The predicted molar refractivity (Wildman–Crippen MR) is 79.6 cm³/mol. The van der Waals surface area contributed by atoms with Crippen LogP contribution in [0.1, 0.15) is 44.9 Å². The Morgan fingerprint density at radius 1 is 1.05 bits per heavy atom. The fraction of sp³-hybridized carbons (Fsp3) is 0.933. The van der Waals surface area contributed by atoms with Crippen LogP contribution in [0.5, 0.6) is 0 Å². The quantitative estimate of drug-likeness (QED) is 0.844. The Bertz CT molecular complexity index is 369. The number of thioether (sulfide) groups is 1. The third-order valence-electron chi connectivity index (χ3n) is 5.12. The molecule has 4 rings (SSSR count). The number of nitrogens with zero attached hydrogens (tertiary/aromatic N) is 1. The maximum absolute atomic E-state index is 5.91. The topological polar surface area (TPSA) is 33.6 Å². The predicted octanol–water partition coefficient (Wildman–Crippen LogP) is 2.81. The van der Waals surface area contributed by atoms with E-state index in [2.05, 4.69) is 5.32 Å². The molecule has 0 bridgehead atoms. The minimum atomic E-state index is 0.465. The highest BCUT2D eigenvalue weighted by Gasteiger charge is 2.41. The normalized spacial score (nSPS) is 42.6. The van der Waals surface area contributed by atoms with Gasteiger partial charge in [-0.3, -0.25) is 4.99 Å². The minimum Gasteiger partial charge on any atom is -0.376 e. The average Bonchev–Trinajstić information content (AvgIpc) is 3.19. The first-order chi connectivity index (χ1) is 9.40. The fourth-order valence-corrected chi connectivity index (χ4v) is 5.02. The monoisotopic (exact) mass is 280 g/mol. The molecule has 2 saturated carbocycles. The Kier molecular flexibility index (Phi) is 3.48. The Morgan fingerprint density at radius 2 is 1.95 bits per heavy atom. The van der Waals surface area contributed by atoms with Gasteiger partial charge in [-0.25, -0.2) is 0 Å². The fourth-order valence-electron chi connectivity index (χ4n) is 3.82. The summed E-state index contributed by atoms with van der Waals surface area (Å²) in [6.07, 6.45) is 9.86. The second kappa shape index (κ2) is 5.28. The number of rotatable bonds is 2. The molecular formula is C15H24N2OS. The number of hydrogen-bond donors (Lipinski definition) is 1. The van der Waals surface area contributed by atoms with E-state index in [0.29, 0.717) is 18.2 Å². The molecule has 2 aliphatic carbocycles. The van der Waals surface area contributed by atoms with Gasteiger partial charge >= 0.3 is 0 Å². The van der Waals surface area contributed by atoms with Gasteiger partial charge in [-0.05, 0) is 43.9 Å². The van der Waals surface area contributed by atoms with Crippen LogP contribution in [0, 0.1) is 11.8 Å². The maximum Gasteiger partial charge on any atom is 0.157 e. The number of aliphatic imine (C=N–C) groups is 1. The second-order valence-corrected chi connectivity index (χ2v) is 7.58. The zero-order valence-corrected chi connectivity index (χ0v) is 12.3. The highest BCUT2D eigenvalue weighted by Crippen LogP contribution is 2.39. The zero-order valence-electron chi connectivity index (χ0n) is 11.5. The number of hydrogen-bond acceptors (Lipinski definition) is 4. The second-order valence-electron chi connectivity index (χ2n) is 6.57. The standard InChI is InChI=1S/C15H24N2OS/c1-2-4-12-11(3-1)9-19-15(16-12)17-13-7-8-18-14(13)10-5-6-10/h10-14H,1-9H2,(H,16,17). The maximum atomic E-state index is 5.91. The largest absolute Gasteiger partial charge is 0.376 e. The molecule has 0 aromatic carbocycles. The van der Waals surface area contributed by atoms with Gasteiger partial charge in [0.25, 0.3) is 0 Å². The van der Waals surface area contributed by atoms with Gasteiger partial charge in [0.05, 0.1) is 18.2 Å². The molecule has 4 atom stereocenters. The van der Waals surface area contributed by atoms with Gasteiger partial charge < -0.3 is 10.1 Å². The molecule has 2 heterocycles. The number of ether oxygens (including phenoxy) is 1. The van der Waals surface area contributed by atoms with Gasteiger partial charge in [-0.2, -0.15) is 0 Å². The highest BCUT2D eigenvalue weighted by molar-refractivity contribution is 8.13. The summed E-state index contributed by atoms with van der Waals surface area (Å²) >= 11 is 1.95. The van der Waals surface area contributed by atoms with Crippen molar-refractivity contribution in [3.05, 3.63) is 0 Å². The summed E-state index contributed by atoms with van der Waals surface area (Å²) < 4.78 is 5.91. The van der Waals surface area contributed by atoms with Crippen LogP contribution in [0.2, 0.25) is 0 Å². The molecule has 0 radical (unpaired) electrons. The number of amidine groups is 1. The van der Waals surface area contributed by atoms with Gasteiger partial charge in [-0.15, -0.1) is 0 Å². The third kappa shape index (κ3) is 2.66. The molecular weight excluding hydrogens is 256 g/mol. The lowest BCUT2D eigenvalue weighted by Crippen LogP contribution is -2.43. The van der Waals surface area contributed by atoms with Crippen molar-refractivity contribution in [2.75, 3.05) is 12.4 Å². The van der Waals surface area contributed by atoms with Crippen LogP contribution >= 0.6 is 11.8 Å². The summed E-state index contributed by atoms with van der Waals surface area (Å²) in [5, 5.41) is 4.92. The summed E-state index contributed by atoms with van der Waals surface area (Å²) in [7, 11) is 0. The van der Waals surface area contributed by atoms with Crippen molar-refractivity contribution < 1.29 is 4.74 Å². The van der Waals surface area contributed by atoms with Crippen molar-refractivity contribution in [3.8, 4) is 0 Å². The van der Waals surface area contributed by atoms with Crippen LogP contribution in [0.15, 0.2) is 4.99 Å². The summed E-state index contributed by atoms with van der Waals surface area (Å²) in [4.78, 5) is 4.99. The minimum absolute atomic E-state index is 0.465. The van der Waals surface area contributed by atoms with Gasteiger partial charge in [0.1, 0.15) is 0 Å². The Balaban J connectivity index is 1.40. The SMILES string of the molecule is C1CCC2N=C(NC3CCOC3C3CC3)SCC2C1. The molecule has 0 aromatic heterocycles. The first kappa shape index (κ1) is 12.5. The molecule has 3 fully saturated rings. The van der Waals surface area contributed by atoms with Crippen molar-refractivity contribution in [1.82, 2.24) is 5.32 Å². The average molecular weight is 280 g/mol. The van der Waals surface area contributed by atoms with Crippen molar-refractivity contribution in [2.24, 2.45) is 16.8 Å². The van der Waals surface area contributed by atoms with Crippen LogP contribution in [0.4, 0.5) is 0 Å². The van der Waals surface area contributed by atoms with Gasteiger partial charge in [-0.1, -0.05) is 24.6 Å². The summed E-state index contributed by atoms with van der Waals surface area (Å²) in [6.45, 7) is 0.933. The summed E-state index contributed by atoms with van der Waals surface area (Å²) in [5.41, 5.74) is 0. The van der Waals surface area contributed by atoms with Crippen LogP contribution in [0.25, 0.3) is 0 Å². The van der Waals surface area contributed by atoms with Gasteiger partial charge in [0.2, 0.25) is 0 Å². The number of fused-ring (bicyclic) bond motifs is 1.